The third kappa shape index (κ3) is 3.94. The normalized spacial score (nSPS) is 14.1. The molecule has 0 atom stereocenters. The van der Waals surface area contributed by atoms with Crippen LogP contribution in [0.15, 0.2) is 27.9 Å². The van der Waals surface area contributed by atoms with Crippen molar-refractivity contribution in [1.82, 2.24) is 14.9 Å². The van der Waals surface area contributed by atoms with E-state index in [1.165, 1.54) is 10.6 Å². The van der Waals surface area contributed by atoms with Gasteiger partial charge in [-0.25, -0.2) is 8.42 Å². The number of amides is 1. The monoisotopic (exact) mass is 404 g/mol. The van der Waals surface area contributed by atoms with Crippen molar-refractivity contribution in [3.8, 4) is 0 Å². The van der Waals surface area contributed by atoms with E-state index in [-0.39, 0.29) is 29.6 Å². The summed E-state index contributed by atoms with van der Waals surface area (Å²) in [6.07, 6.45) is 1.17. The van der Waals surface area contributed by atoms with Crippen LogP contribution in [-0.2, 0) is 27.7 Å². The van der Waals surface area contributed by atoms with Gasteiger partial charge in [-0.2, -0.15) is 0 Å². The molecule has 0 aromatic carbocycles. The Balaban J connectivity index is 1.77. The number of rotatable bonds is 6. The minimum atomic E-state index is -3.59. The molecule has 0 radical (unpaired) electrons. The first-order chi connectivity index (χ1) is 13.1. The van der Waals surface area contributed by atoms with Gasteiger partial charge in [0.25, 0.3) is 5.56 Å². The van der Waals surface area contributed by atoms with E-state index in [4.69, 9.17) is 5.73 Å². The molecule has 2 aromatic rings. The fourth-order valence-corrected chi connectivity index (χ4v) is 4.89. The van der Waals surface area contributed by atoms with Crippen LogP contribution in [0.1, 0.15) is 35.5 Å². The Kier molecular flexibility index (Phi) is 5.29. The van der Waals surface area contributed by atoms with Gasteiger partial charge in [0.1, 0.15) is 12.2 Å². The number of hydrogen-bond acceptors (Lipinski definition) is 6. The van der Waals surface area contributed by atoms with E-state index in [2.05, 4.69) is 10.3 Å². The quantitative estimate of drug-likeness (QED) is 0.740. The van der Waals surface area contributed by atoms with Gasteiger partial charge in [0.2, 0.25) is 5.91 Å². The molecule has 0 aliphatic heterocycles. The zero-order valence-electron chi connectivity index (χ0n) is 16.2. The number of pyridine rings is 2. The number of sulfone groups is 1. The molecular formula is C19H24N4O4S. The third-order valence-electron chi connectivity index (χ3n) is 4.89. The molecule has 1 aliphatic rings. The summed E-state index contributed by atoms with van der Waals surface area (Å²) in [5.41, 5.74) is 7.81. The molecule has 0 saturated heterocycles. The molecule has 150 valence electrons. The average Bonchev–Trinajstić information content (AvgIpc) is 3.46. The van der Waals surface area contributed by atoms with Crippen LogP contribution in [0, 0.1) is 20.8 Å². The minimum absolute atomic E-state index is 0.129. The van der Waals surface area contributed by atoms with Gasteiger partial charge in [-0.05, 0) is 51.3 Å². The van der Waals surface area contributed by atoms with Crippen molar-refractivity contribution < 1.29 is 13.2 Å². The highest BCUT2D eigenvalue weighted by Crippen LogP contribution is 2.35. The van der Waals surface area contributed by atoms with E-state index < -0.39 is 20.6 Å². The second-order valence-corrected chi connectivity index (χ2v) is 9.37. The number of aryl methyl sites for hydroxylation is 3. The Hall–Kier alpha value is -2.68. The lowest BCUT2D eigenvalue weighted by atomic mass is 10.2. The van der Waals surface area contributed by atoms with Gasteiger partial charge in [-0.1, -0.05) is 6.07 Å². The van der Waals surface area contributed by atoms with E-state index in [0.29, 0.717) is 18.5 Å². The summed E-state index contributed by atoms with van der Waals surface area (Å²) in [5.74, 6) is -0.373. The number of nitrogens with one attached hydrogen (secondary N) is 1. The van der Waals surface area contributed by atoms with Gasteiger partial charge in [0.05, 0.1) is 10.1 Å². The van der Waals surface area contributed by atoms with Gasteiger partial charge >= 0.3 is 0 Å². The number of carbonyl (C=O) groups excluding carboxylic acids is 1. The first-order valence-electron chi connectivity index (χ1n) is 9.05. The van der Waals surface area contributed by atoms with E-state index in [1.807, 2.05) is 26.0 Å². The van der Waals surface area contributed by atoms with E-state index in [9.17, 15) is 18.0 Å². The number of aromatic nitrogens is 2. The Morgan fingerprint density at radius 1 is 1.29 bits per heavy atom. The van der Waals surface area contributed by atoms with Crippen molar-refractivity contribution in [3.63, 3.8) is 0 Å². The second-order valence-electron chi connectivity index (χ2n) is 7.17. The number of hydrogen-bond donors (Lipinski definition) is 2. The summed E-state index contributed by atoms with van der Waals surface area (Å²) < 4.78 is 26.1. The summed E-state index contributed by atoms with van der Waals surface area (Å²) >= 11 is 0. The van der Waals surface area contributed by atoms with Crippen molar-refractivity contribution in [2.24, 2.45) is 0 Å². The van der Waals surface area contributed by atoms with Crippen molar-refractivity contribution >= 4 is 21.4 Å². The van der Waals surface area contributed by atoms with Gasteiger partial charge in [0, 0.05) is 23.6 Å². The molecule has 2 aromatic heterocycles. The number of anilines is 1. The second kappa shape index (κ2) is 7.38. The lowest BCUT2D eigenvalue weighted by molar-refractivity contribution is -0.121. The predicted octanol–water partition coefficient (Wildman–Crippen LogP) is 1.00. The fourth-order valence-electron chi connectivity index (χ4n) is 3.04. The zero-order chi connectivity index (χ0) is 20.6. The molecule has 9 heteroatoms. The van der Waals surface area contributed by atoms with Crippen LogP contribution in [0.4, 0.5) is 5.69 Å². The predicted molar refractivity (Wildman–Crippen MR) is 106 cm³/mol. The maximum atomic E-state index is 12.6. The van der Waals surface area contributed by atoms with Crippen LogP contribution in [0.5, 0.6) is 0 Å². The molecule has 0 spiro atoms. The average molecular weight is 404 g/mol. The number of nitrogens with zero attached hydrogens (tertiary/aromatic N) is 2. The smallest absolute Gasteiger partial charge is 0.275 e. The van der Waals surface area contributed by atoms with Gasteiger partial charge in [-0.3, -0.25) is 14.6 Å². The van der Waals surface area contributed by atoms with Crippen molar-refractivity contribution in [2.45, 2.75) is 56.8 Å². The fraction of sp³-hybridized carbons (Fsp3) is 0.421. The number of nitrogen functional groups attached to an aromatic ring is 1. The Morgan fingerprint density at radius 3 is 2.57 bits per heavy atom. The van der Waals surface area contributed by atoms with E-state index in [1.54, 1.807) is 6.92 Å². The highest BCUT2D eigenvalue weighted by Gasteiger charge is 2.38. The summed E-state index contributed by atoms with van der Waals surface area (Å²) in [6, 6.07) is 5.14. The summed E-state index contributed by atoms with van der Waals surface area (Å²) in [7, 11) is -3.59. The molecule has 3 rings (SSSR count). The van der Waals surface area contributed by atoms with Crippen molar-refractivity contribution in [1.29, 1.82) is 0 Å². The SMILES string of the molecule is Cc1ccc(CNC(=O)Cn2c(C)cc(S(=O)(=O)C3CC3)c(N)c2=O)c(C)n1. The molecule has 1 amide bonds. The third-order valence-corrected chi connectivity index (χ3v) is 7.19. The van der Waals surface area contributed by atoms with Crippen molar-refractivity contribution in [3.05, 3.63) is 51.2 Å². The van der Waals surface area contributed by atoms with Crippen LogP contribution in [0.25, 0.3) is 0 Å². The van der Waals surface area contributed by atoms with Crippen LogP contribution < -0.4 is 16.6 Å². The molecule has 0 unspecified atom stereocenters. The van der Waals surface area contributed by atoms with E-state index in [0.717, 1.165) is 17.0 Å². The topological polar surface area (TPSA) is 124 Å². The Labute approximate surface area is 163 Å². The molecule has 1 fully saturated rings. The summed E-state index contributed by atoms with van der Waals surface area (Å²) in [6.45, 7) is 5.39. The van der Waals surface area contributed by atoms with Crippen LogP contribution in [0.3, 0.4) is 0 Å². The molecule has 1 aliphatic carbocycles. The first-order valence-corrected chi connectivity index (χ1v) is 10.6. The number of nitrogens with two attached hydrogens (primary N) is 1. The summed E-state index contributed by atoms with van der Waals surface area (Å²) in [5, 5.41) is 2.30. The first kappa shape index (κ1) is 20.1. The molecular weight excluding hydrogens is 380 g/mol. The van der Waals surface area contributed by atoms with Gasteiger partial charge in [-0.15, -0.1) is 0 Å². The Bertz CT molecular complexity index is 1100. The van der Waals surface area contributed by atoms with Crippen LogP contribution >= 0.6 is 0 Å². The van der Waals surface area contributed by atoms with Gasteiger partial charge in [0.15, 0.2) is 9.84 Å². The largest absolute Gasteiger partial charge is 0.393 e. The molecule has 28 heavy (non-hydrogen) atoms. The lowest BCUT2D eigenvalue weighted by Gasteiger charge is -2.14. The molecule has 8 nitrogen and oxygen atoms in total. The van der Waals surface area contributed by atoms with Crippen LogP contribution in [0.2, 0.25) is 0 Å². The minimum Gasteiger partial charge on any atom is -0.393 e. The molecule has 3 N–H and O–H groups in total. The lowest BCUT2D eigenvalue weighted by Crippen LogP contribution is -2.35. The zero-order valence-corrected chi connectivity index (χ0v) is 17.0. The standard InChI is InChI=1S/C19H24N4O4S/c1-11-4-5-14(13(3)22-11)9-21-17(24)10-23-12(2)8-16(18(20)19(23)25)28(26,27)15-6-7-15/h4-5,8,15H,6-7,9-10,20H2,1-3H3,(H,21,24). The summed E-state index contributed by atoms with van der Waals surface area (Å²) in [4.78, 5) is 29.1. The van der Waals surface area contributed by atoms with Crippen LogP contribution in [-0.4, -0.2) is 29.1 Å². The number of carbonyl (C=O) groups is 1. The maximum Gasteiger partial charge on any atom is 0.275 e. The maximum absolute atomic E-state index is 12.6. The molecule has 2 heterocycles. The Morgan fingerprint density at radius 2 is 1.96 bits per heavy atom. The molecule has 1 saturated carbocycles. The van der Waals surface area contributed by atoms with Gasteiger partial charge < -0.3 is 15.6 Å². The van der Waals surface area contributed by atoms with E-state index >= 15 is 0 Å². The highest BCUT2D eigenvalue weighted by molar-refractivity contribution is 7.92. The highest BCUT2D eigenvalue weighted by atomic mass is 32.2. The van der Waals surface area contributed by atoms with Crippen molar-refractivity contribution in [2.75, 3.05) is 5.73 Å². The molecule has 0 bridgehead atoms.